The average molecular weight is 359 g/mol. The second-order valence-corrected chi connectivity index (χ2v) is 6.32. The predicted octanol–water partition coefficient (Wildman–Crippen LogP) is 2.55. The molecule has 1 aromatic rings. The van der Waals surface area contributed by atoms with Crippen molar-refractivity contribution >= 4 is 21.8 Å². The number of halogens is 2. The number of benzene rings is 1. The van der Waals surface area contributed by atoms with Crippen molar-refractivity contribution in [2.75, 3.05) is 19.7 Å². The Hall–Kier alpha value is -1.14. The summed E-state index contributed by atoms with van der Waals surface area (Å²) in [4.78, 5) is 14.0. The highest BCUT2D eigenvalue weighted by Gasteiger charge is 2.31. The van der Waals surface area contributed by atoms with Gasteiger partial charge in [-0.25, -0.2) is 4.39 Å². The van der Waals surface area contributed by atoms with Crippen molar-refractivity contribution in [1.29, 1.82) is 0 Å². The standard InChI is InChI=1S/C15H20BrFN2O2/c1-10-6-11(8-18)9-19(10)15(20)4-5-21-14-3-2-12(16)7-13(14)17/h2-3,7,10-11H,4-6,8-9,18H2,1H3. The van der Waals surface area contributed by atoms with Crippen LogP contribution >= 0.6 is 15.9 Å². The van der Waals surface area contributed by atoms with Crippen LogP contribution in [-0.2, 0) is 4.79 Å². The Bertz CT molecular complexity index is 512. The zero-order valence-corrected chi connectivity index (χ0v) is 13.6. The molecule has 0 saturated carbocycles. The van der Waals surface area contributed by atoms with Crippen molar-refractivity contribution < 1.29 is 13.9 Å². The molecule has 1 fully saturated rings. The topological polar surface area (TPSA) is 55.6 Å². The summed E-state index contributed by atoms with van der Waals surface area (Å²) < 4.78 is 19.6. The zero-order chi connectivity index (χ0) is 15.4. The van der Waals surface area contributed by atoms with E-state index in [4.69, 9.17) is 10.5 Å². The Kier molecular flexibility index (Phi) is 5.58. The highest BCUT2D eigenvalue weighted by molar-refractivity contribution is 9.10. The molecule has 1 aliphatic rings. The van der Waals surface area contributed by atoms with Gasteiger partial charge < -0.3 is 15.4 Å². The number of hydrogen-bond acceptors (Lipinski definition) is 3. The van der Waals surface area contributed by atoms with Gasteiger partial charge in [0, 0.05) is 17.1 Å². The summed E-state index contributed by atoms with van der Waals surface area (Å²) in [6.07, 6.45) is 1.20. The van der Waals surface area contributed by atoms with Crippen LogP contribution in [0.25, 0.3) is 0 Å². The number of carbonyl (C=O) groups is 1. The van der Waals surface area contributed by atoms with Crippen molar-refractivity contribution in [3.8, 4) is 5.75 Å². The number of likely N-dealkylation sites (tertiary alicyclic amines) is 1. The van der Waals surface area contributed by atoms with Crippen LogP contribution in [0.2, 0.25) is 0 Å². The lowest BCUT2D eigenvalue weighted by molar-refractivity contribution is -0.132. The van der Waals surface area contributed by atoms with Crippen LogP contribution in [0.1, 0.15) is 19.8 Å². The number of ether oxygens (including phenoxy) is 1. The summed E-state index contributed by atoms with van der Waals surface area (Å²) in [5.74, 6) is 0.152. The molecule has 4 nitrogen and oxygen atoms in total. The highest BCUT2D eigenvalue weighted by atomic mass is 79.9. The lowest BCUT2D eigenvalue weighted by atomic mass is 10.1. The van der Waals surface area contributed by atoms with Gasteiger partial charge in [0.25, 0.3) is 0 Å². The van der Waals surface area contributed by atoms with Gasteiger partial charge in [-0.1, -0.05) is 15.9 Å². The number of nitrogens with two attached hydrogens (primary N) is 1. The Labute approximate surface area is 132 Å². The Morgan fingerprint density at radius 2 is 2.33 bits per heavy atom. The van der Waals surface area contributed by atoms with Crippen LogP contribution in [0.4, 0.5) is 4.39 Å². The fourth-order valence-corrected chi connectivity index (χ4v) is 2.98. The maximum atomic E-state index is 13.6. The minimum absolute atomic E-state index is 0.0379. The number of hydrogen-bond donors (Lipinski definition) is 1. The van der Waals surface area contributed by atoms with E-state index in [1.54, 1.807) is 12.1 Å². The molecule has 0 spiro atoms. The fraction of sp³-hybridized carbons (Fsp3) is 0.533. The highest BCUT2D eigenvalue weighted by Crippen LogP contribution is 2.24. The lowest BCUT2D eigenvalue weighted by Gasteiger charge is -2.21. The fourth-order valence-electron chi connectivity index (χ4n) is 2.64. The maximum Gasteiger partial charge on any atom is 0.226 e. The first kappa shape index (κ1) is 16.2. The summed E-state index contributed by atoms with van der Waals surface area (Å²) in [6.45, 7) is 3.52. The van der Waals surface area contributed by atoms with E-state index >= 15 is 0 Å². The molecule has 2 atom stereocenters. The van der Waals surface area contributed by atoms with E-state index in [1.165, 1.54) is 6.07 Å². The van der Waals surface area contributed by atoms with Crippen LogP contribution in [-0.4, -0.2) is 36.5 Å². The molecule has 1 saturated heterocycles. The van der Waals surface area contributed by atoms with E-state index in [1.807, 2.05) is 11.8 Å². The third-order valence-electron chi connectivity index (χ3n) is 3.78. The summed E-state index contributed by atoms with van der Waals surface area (Å²) in [7, 11) is 0. The summed E-state index contributed by atoms with van der Waals surface area (Å²) in [5, 5.41) is 0. The molecule has 1 heterocycles. The number of carbonyl (C=O) groups excluding carboxylic acids is 1. The molecule has 2 N–H and O–H groups in total. The molecule has 0 radical (unpaired) electrons. The molecule has 116 valence electrons. The third kappa shape index (κ3) is 4.17. The van der Waals surface area contributed by atoms with Gasteiger partial charge in [0.05, 0.1) is 13.0 Å². The van der Waals surface area contributed by atoms with Crippen LogP contribution in [0, 0.1) is 11.7 Å². The molecule has 2 rings (SSSR count). The van der Waals surface area contributed by atoms with Gasteiger partial charge in [0.2, 0.25) is 5.91 Å². The van der Waals surface area contributed by atoms with E-state index in [0.717, 1.165) is 6.42 Å². The third-order valence-corrected chi connectivity index (χ3v) is 4.28. The number of rotatable bonds is 5. The molecular weight excluding hydrogens is 339 g/mol. The molecule has 1 aliphatic heterocycles. The van der Waals surface area contributed by atoms with Gasteiger partial charge in [-0.2, -0.15) is 0 Å². The second-order valence-electron chi connectivity index (χ2n) is 5.41. The first-order chi connectivity index (χ1) is 10.0. The van der Waals surface area contributed by atoms with Crippen molar-refractivity contribution in [3.63, 3.8) is 0 Å². The van der Waals surface area contributed by atoms with E-state index in [0.29, 0.717) is 23.5 Å². The molecule has 0 aliphatic carbocycles. The SMILES string of the molecule is CC1CC(CN)CN1C(=O)CCOc1ccc(Br)cc1F. The van der Waals surface area contributed by atoms with Gasteiger partial charge in [0.15, 0.2) is 11.6 Å². The number of amides is 1. The largest absolute Gasteiger partial charge is 0.490 e. The van der Waals surface area contributed by atoms with Crippen LogP contribution in [0.5, 0.6) is 5.75 Å². The molecule has 0 aromatic heterocycles. The van der Waals surface area contributed by atoms with E-state index < -0.39 is 5.82 Å². The summed E-state index contributed by atoms with van der Waals surface area (Å²) in [6, 6.07) is 4.81. The second kappa shape index (κ2) is 7.22. The van der Waals surface area contributed by atoms with Crippen LogP contribution in [0.15, 0.2) is 22.7 Å². The van der Waals surface area contributed by atoms with Gasteiger partial charge in [-0.05, 0) is 44.0 Å². The minimum Gasteiger partial charge on any atom is -0.490 e. The molecule has 21 heavy (non-hydrogen) atoms. The molecule has 6 heteroatoms. The number of nitrogens with zero attached hydrogens (tertiary/aromatic N) is 1. The van der Waals surface area contributed by atoms with E-state index in [-0.39, 0.29) is 30.7 Å². The van der Waals surface area contributed by atoms with E-state index in [9.17, 15) is 9.18 Å². The first-order valence-corrected chi connectivity index (χ1v) is 7.88. The predicted molar refractivity (Wildman–Crippen MR) is 82.5 cm³/mol. The maximum absolute atomic E-state index is 13.6. The molecule has 1 aromatic carbocycles. The lowest BCUT2D eigenvalue weighted by Crippen LogP contribution is -2.35. The van der Waals surface area contributed by atoms with Gasteiger partial charge in [-0.15, -0.1) is 0 Å². The van der Waals surface area contributed by atoms with Gasteiger partial charge in [-0.3, -0.25) is 4.79 Å². The molecule has 2 unspecified atom stereocenters. The summed E-state index contributed by atoms with van der Waals surface area (Å²) >= 11 is 3.18. The minimum atomic E-state index is -0.436. The molecule has 1 amide bonds. The van der Waals surface area contributed by atoms with Crippen molar-refractivity contribution in [1.82, 2.24) is 4.90 Å². The monoisotopic (exact) mass is 358 g/mol. The normalized spacial score (nSPS) is 21.6. The van der Waals surface area contributed by atoms with E-state index in [2.05, 4.69) is 15.9 Å². The average Bonchev–Trinajstić information content (AvgIpc) is 2.82. The van der Waals surface area contributed by atoms with Crippen molar-refractivity contribution in [2.45, 2.75) is 25.8 Å². The Morgan fingerprint density at radius 1 is 1.57 bits per heavy atom. The Balaban J connectivity index is 1.82. The molecule has 0 bridgehead atoms. The van der Waals surface area contributed by atoms with Gasteiger partial charge in [0.1, 0.15) is 0 Å². The molecular formula is C15H20BrFN2O2. The smallest absolute Gasteiger partial charge is 0.226 e. The Morgan fingerprint density at radius 3 is 2.95 bits per heavy atom. The van der Waals surface area contributed by atoms with Crippen molar-refractivity contribution in [3.05, 3.63) is 28.5 Å². The van der Waals surface area contributed by atoms with Gasteiger partial charge >= 0.3 is 0 Å². The summed E-state index contributed by atoms with van der Waals surface area (Å²) in [5.41, 5.74) is 5.66. The quantitative estimate of drug-likeness (QED) is 0.879. The van der Waals surface area contributed by atoms with Crippen LogP contribution < -0.4 is 10.5 Å². The van der Waals surface area contributed by atoms with Crippen molar-refractivity contribution in [2.24, 2.45) is 11.7 Å². The van der Waals surface area contributed by atoms with Crippen LogP contribution in [0.3, 0.4) is 0 Å². The zero-order valence-electron chi connectivity index (χ0n) is 12.0. The first-order valence-electron chi connectivity index (χ1n) is 7.08.